The van der Waals surface area contributed by atoms with Crippen LogP contribution in [0.4, 0.5) is 10.1 Å². The van der Waals surface area contributed by atoms with Gasteiger partial charge in [0.2, 0.25) is 5.91 Å². The fraction of sp³-hybridized carbons (Fsp3) is 0.364. The van der Waals surface area contributed by atoms with E-state index in [1.54, 1.807) is 36.4 Å². The van der Waals surface area contributed by atoms with Crippen molar-refractivity contribution in [1.29, 1.82) is 0 Å². The van der Waals surface area contributed by atoms with Crippen LogP contribution in [0.5, 0.6) is 0 Å². The summed E-state index contributed by atoms with van der Waals surface area (Å²) in [6.45, 7) is 1.89. The molecule has 0 aromatic heterocycles. The molecule has 1 saturated carbocycles. The van der Waals surface area contributed by atoms with Crippen LogP contribution in [-0.4, -0.2) is 22.0 Å². The number of hydrogen-bond donors (Lipinski definition) is 3. The third kappa shape index (κ3) is 5.58. The first-order chi connectivity index (χ1) is 13.7. The van der Waals surface area contributed by atoms with Gasteiger partial charge in [-0.15, -0.1) is 0 Å². The van der Waals surface area contributed by atoms with Crippen molar-refractivity contribution in [2.45, 2.75) is 49.6 Å². The number of benzene rings is 2. The quantitative estimate of drug-likeness (QED) is 0.497. The normalized spacial score (nSPS) is 22.4. The Labute approximate surface area is 172 Å². The molecule has 2 aromatic rings. The molecule has 2 atom stereocenters. The van der Waals surface area contributed by atoms with Crippen LogP contribution < -0.4 is 15.8 Å². The van der Waals surface area contributed by atoms with Crippen molar-refractivity contribution in [3.8, 4) is 0 Å². The molecule has 7 heteroatoms. The molecule has 1 unspecified atom stereocenters. The first-order valence-corrected chi connectivity index (χ1v) is 11.5. The van der Waals surface area contributed by atoms with Crippen LogP contribution in [0.2, 0.25) is 0 Å². The molecule has 0 bridgehead atoms. The van der Waals surface area contributed by atoms with Crippen molar-refractivity contribution in [3.63, 3.8) is 0 Å². The van der Waals surface area contributed by atoms with E-state index >= 15 is 0 Å². The highest BCUT2D eigenvalue weighted by molar-refractivity contribution is 7.98. The summed E-state index contributed by atoms with van der Waals surface area (Å²) in [5, 5.41) is 3.02. The summed E-state index contributed by atoms with van der Waals surface area (Å²) in [6.07, 6.45) is 2.92. The minimum Gasteiger partial charge on any atom is -0.399 e. The van der Waals surface area contributed by atoms with Gasteiger partial charge < -0.3 is 11.1 Å². The number of halogens is 1. The molecule has 4 N–H and O–H groups in total. The molecule has 3 rings (SSSR count). The van der Waals surface area contributed by atoms with Gasteiger partial charge in [0, 0.05) is 22.5 Å². The van der Waals surface area contributed by atoms with Gasteiger partial charge in [0.1, 0.15) is 5.82 Å². The van der Waals surface area contributed by atoms with Crippen molar-refractivity contribution < 1.29 is 13.4 Å². The first-order valence-electron chi connectivity index (χ1n) is 9.80. The summed E-state index contributed by atoms with van der Waals surface area (Å²) in [5.74, 6) is 3.50. The Morgan fingerprint density at radius 1 is 1.17 bits per heavy atom. The van der Waals surface area contributed by atoms with E-state index in [1.165, 1.54) is 12.1 Å². The highest BCUT2D eigenvalue weighted by Crippen LogP contribution is 2.27. The second-order valence-corrected chi connectivity index (χ2v) is 9.75. The van der Waals surface area contributed by atoms with E-state index in [4.69, 9.17) is 5.73 Å². The van der Waals surface area contributed by atoms with Crippen LogP contribution in [0.15, 0.2) is 53.4 Å². The summed E-state index contributed by atoms with van der Waals surface area (Å²) in [4.78, 5) is 13.2. The second-order valence-electron chi connectivity index (χ2n) is 7.70. The standard InChI is InChI=1S/C22H28FN3O2S/c1-15(16-6-10-18(23)11-7-16)25-22(27)17-8-12-20(13-9-17)26-29(2,28)21-5-3-4-19(24)14-21/h3-7,10-11,14-15,17,20H,2,8-9,12-13,24H2,1H3,(H,25,27)(H,26,28)/t15-,17?,20?,29?/m1/s1. The van der Waals surface area contributed by atoms with E-state index in [0.717, 1.165) is 18.4 Å². The molecule has 2 aromatic carbocycles. The minimum atomic E-state index is -2.64. The predicted octanol–water partition coefficient (Wildman–Crippen LogP) is 3.42. The third-order valence-electron chi connectivity index (χ3n) is 5.42. The SMILES string of the molecule is C=S(=O)(NC1CCC(C(=O)N[C@H](C)c2ccc(F)cc2)CC1)c1cccc(N)c1. The average Bonchev–Trinajstić information content (AvgIpc) is 2.68. The lowest BCUT2D eigenvalue weighted by Crippen LogP contribution is -2.41. The summed E-state index contributed by atoms with van der Waals surface area (Å²) in [7, 11) is -2.64. The predicted molar refractivity (Wildman–Crippen MR) is 116 cm³/mol. The van der Waals surface area contributed by atoms with Gasteiger partial charge in [0.15, 0.2) is 0 Å². The molecule has 1 aliphatic rings. The van der Waals surface area contributed by atoms with Crippen molar-refractivity contribution in [2.75, 3.05) is 5.73 Å². The van der Waals surface area contributed by atoms with Crippen molar-refractivity contribution in [3.05, 3.63) is 59.9 Å². The molecular formula is C22H28FN3O2S. The van der Waals surface area contributed by atoms with E-state index in [0.29, 0.717) is 23.4 Å². The molecule has 0 aliphatic heterocycles. The number of anilines is 1. The van der Waals surface area contributed by atoms with Crippen LogP contribution >= 0.6 is 0 Å². The summed E-state index contributed by atoms with van der Waals surface area (Å²) < 4.78 is 29.2. The Bertz CT molecular complexity index is 952. The van der Waals surface area contributed by atoms with Crippen LogP contribution in [0, 0.1) is 11.7 Å². The monoisotopic (exact) mass is 417 g/mol. The van der Waals surface area contributed by atoms with E-state index in [-0.39, 0.29) is 29.7 Å². The maximum atomic E-state index is 13.1. The van der Waals surface area contributed by atoms with Crippen LogP contribution in [0.1, 0.15) is 44.2 Å². The van der Waals surface area contributed by atoms with E-state index in [2.05, 4.69) is 15.9 Å². The Balaban J connectivity index is 1.52. The molecule has 0 heterocycles. The maximum absolute atomic E-state index is 13.1. The Morgan fingerprint density at radius 3 is 2.45 bits per heavy atom. The average molecular weight is 418 g/mol. The maximum Gasteiger partial charge on any atom is 0.223 e. The minimum absolute atomic E-state index is 0.00599. The van der Waals surface area contributed by atoms with E-state index < -0.39 is 9.71 Å². The second kappa shape index (κ2) is 8.97. The molecular weight excluding hydrogens is 389 g/mol. The molecule has 1 amide bonds. The molecule has 5 nitrogen and oxygen atoms in total. The van der Waals surface area contributed by atoms with Gasteiger partial charge in [-0.05, 0) is 74.4 Å². The van der Waals surface area contributed by atoms with Gasteiger partial charge in [-0.3, -0.25) is 4.79 Å². The lowest BCUT2D eigenvalue weighted by molar-refractivity contribution is -0.126. The highest BCUT2D eigenvalue weighted by Gasteiger charge is 2.28. The summed E-state index contributed by atoms with van der Waals surface area (Å²) in [5.41, 5.74) is 7.21. The van der Waals surface area contributed by atoms with Crippen LogP contribution in [-0.2, 0) is 14.5 Å². The number of rotatable bonds is 6. The lowest BCUT2D eigenvalue weighted by atomic mass is 9.85. The molecule has 1 fully saturated rings. The Hall–Kier alpha value is -2.38. The molecule has 0 saturated heterocycles. The van der Waals surface area contributed by atoms with Crippen molar-refractivity contribution >= 4 is 27.2 Å². The zero-order chi connectivity index (χ0) is 21.0. The number of carbonyl (C=O) groups excluding carboxylic acids is 1. The number of carbonyl (C=O) groups is 1. The lowest BCUT2D eigenvalue weighted by Gasteiger charge is -2.30. The van der Waals surface area contributed by atoms with Crippen LogP contribution in [0.3, 0.4) is 0 Å². The van der Waals surface area contributed by atoms with Crippen LogP contribution in [0.25, 0.3) is 0 Å². The molecule has 29 heavy (non-hydrogen) atoms. The molecule has 0 radical (unpaired) electrons. The fourth-order valence-corrected chi connectivity index (χ4v) is 5.23. The van der Waals surface area contributed by atoms with Gasteiger partial charge in [-0.2, -0.15) is 0 Å². The van der Waals surface area contributed by atoms with E-state index in [1.807, 2.05) is 6.92 Å². The van der Waals surface area contributed by atoms with Gasteiger partial charge in [-0.25, -0.2) is 13.3 Å². The largest absolute Gasteiger partial charge is 0.399 e. The molecule has 0 spiro atoms. The highest BCUT2D eigenvalue weighted by atomic mass is 32.2. The number of hydrogen-bond acceptors (Lipinski definition) is 3. The number of nitrogen functional groups attached to an aromatic ring is 1. The number of amides is 1. The van der Waals surface area contributed by atoms with Gasteiger partial charge in [-0.1, -0.05) is 18.2 Å². The molecule has 1 aliphatic carbocycles. The van der Waals surface area contributed by atoms with Gasteiger partial charge in [0.25, 0.3) is 0 Å². The smallest absolute Gasteiger partial charge is 0.223 e. The third-order valence-corrected chi connectivity index (χ3v) is 7.15. The summed E-state index contributed by atoms with van der Waals surface area (Å²) >= 11 is 0. The van der Waals surface area contributed by atoms with Gasteiger partial charge >= 0.3 is 0 Å². The van der Waals surface area contributed by atoms with Gasteiger partial charge in [0.05, 0.1) is 15.7 Å². The Kier molecular flexibility index (Phi) is 6.59. The zero-order valence-electron chi connectivity index (χ0n) is 16.6. The van der Waals surface area contributed by atoms with E-state index in [9.17, 15) is 13.4 Å². The zero-order valence-corrected chi connectivity index (χ0v) is 17.4. The first kappa shape index (κ1) is 21.3. The number of nitrogens with one attached hydrogen (secondary N) is 2. The van der Waals surface area contributed by atoms with Crippen molar-refractivity contribution in [2.24, 2.45) is 5.92 Å². The summed E-state index contributed by atoms with van der Waals surface area (Å²) in [6, 6.07) is 13.0. The topological polar surface area (TPSA) is 84.2 Å². The Morgan fingerprint density at radius 2 is 1.83 bits per heavy atom. The fourth-order valence-electron chi connectivity index (χ4n) is 3.70. The number of nitrogens with two attached hydrogens (primary N) is 1. The molecule has 156 valence electrons. The van der Waals surface area contributed by atoms with Crippen molar-refractivity contribution in [1.82, 2.24) is 10.0 Å².